The summed E-state index contributed by atoms with van der Waals surface area (Å²) in [4.78, 5) is 0. The minimum atomic E-state index is -0.101. The summed E-state index contributed by atoms with van der Waals surface area (Å²) in [5, 5.41) is 13.7. The first kappa shape index (κ1) is 26.8. The Hall–Kier alpha value is -0.206. The van der Waals surface area contributed by atoms with Crippen molar-refractivity contribution in [2.75, 3.05) is 0 Å². The first-order valence-electron chi connectivity index (χ1n) is 10.6. The summed E-state index contributed by atoms with van der Waals surface area (Å²) in [5.74, 6) is 0.622. The van der Waals surface area contributed by atoms with E-state index in [0.717, 1.165) is 11.1 Å². The van der Waals surface area contributed by atoms with Gasteiger partial charge in [-0.25, -0.2) is 0 Å². The molecule has 4 heteroatoms. The molecular weight excluding hydrogens is 435 g/mol. The summed E-state index contributed by atoms with van der Waals surface area (Å²) >= 11 is 0. The first-order chi connectivity index (χ1) is 12.3. The molecule has 29 heavy (non-hydrogen) atoms. The van der Waals surface area contributed by atoms with Crippen LogP contribution in [0, 0.1) is 13.8 Å². The summed E-state index contributed by atoms with van der Waals surface area (Å²) in [6, 6.07) is 2.16. The van der Waals surface area contributed by atoms with Crippen molar-refractivity contribution in [3.05, 3.63) is 50.6 Å². The molecule has 3 aliphatic carbocycles. The molecule has 0 heterocycles. The van der Waals surface area contributed by atoms with Gasteiger partial charge in [-0.1, -0.05) is 38.0 Å². The SMILES string of the molecule is Cc1cc(C(C)(C)C)c([O-])c(C2C3=C(CCCC3)C3=C2CCCC3)c1C.[Cl-].[Cl-].[Ti+3]. The molecule has 0 fully saturated rings. The number of allylic oxidation sites excluding steroid dienone is 4. The van der Waals surface area contributed by atoms with Crippen LogP contribution in [0.3, 0.4) is 0 Å². The Labute approximate surface area is 204 Å². The summed E-state index contributed by atoms with van der Waals surface area (Å²) in [5.41, 5.74) is 11.1. The topological polar surface area (TPSA) is 23.1 Å². The van der Waals surface area contributed by atoms with Crippen molar-refractivity contribution in [3.8, 4) is 5.75 Å². The number of hydrogen-bond acceptors (Lipinski definition) is 1. The zero-order valence-corrected chi connectivity index (χ0v) is 21.5. The van der Waals surface area contributed by atoms with Gasteiger partial charge in [0.05, 0.1) is 0 Å². The van der Waals surface area contributed by atoms with Crippen molar-refractivity contribution >= 4 is 0 Å². The summed E-state index contributed by atoms with van der Waals surface area (Å²) < 4.78 is 0. The maximum atomic E-state index is 13.7. The summed E-state index contributed by atoms with van der Waals surface area (Å²) in [6.45, 7) is 10.9. The van der Waals surface area contributed by atoms with Crippen LogP contribution in [0.5, 0.6) is 5.75 Å². The van der Waals surface area contributed by atoms with Crippen LogP contribution in [-0.2, 0) is 27.1 Å². The molecule has 0 spiro atoms. The van der Waals surface area contributed by atoms with Crippen molar-refractivity contribution in [3.63, 3.8) is 0 Å². The molecule has 1 nitrogen and oxygen atoms in total. The Morgan fingerprint density at radius 3 is 1.72 bits per heavy atom. The fourth-order valence-corrected chi connectivity index (χ4v) is 5.57. The Balaban J connectivity index is 0.00000140. The number of aryl methyl sites for hydroxylation is 1. The average Bonchev–Trinajstić information content (AvgIpc) is 2.92. The molecule has 0 aliphatic heterocycles. The second kappa shape index (κ2) is 9.94. The fourth-order valence-electron chi connectivity index (χ4n) is 5.57. The maximum Gasteiger partial charge on any atom is 3.00 e. The van der Waals surface area contributed by atoms with E-state index in [2.05, 4.69) is 40.7 Å². The van der Waals surface area contributed by atoms with E-state index in [-0.39, 0.29) is 51.9 Å². The molecule has 0 saturated heterocycles. The van der Waals surface area contributed by atoms with Crippen LogP contribution in [0.1, 0.15) is 100 Å². The molecule has 157 valence electrons. The van der Waals surface area contributed by atoms with Crippen LogP contribution >= 0.6 is 0 Å². The Kier molecular flexibility index (Phi) is 9.20. The molecule has 0 amide bonds. The van der Waals surface area contributed by atoms with E-state index in [9.17, 15) is 5.11 Å². The summed E-state index contributed by atoms with van der Waals surface area (Å²) in [7, 11) is 0. The van der Waals surface area contributed by atoms with Gasteiger partial charge in [0, 0.05) is 5.92 Å². The first-order valence-corrected chi connectivity index (χ1v) is 10.6. The smallest absolute Gasteiger partial charge is 1.00 e. The van der Waals surface area contributed by atoms with Crippen molar-refractivity contribution in [1.29, 1.82) is 0 Å². The zero-order chi connectivity index (χ0) is 18.6. The third-order valence-corrected chi connectivity index (χ3v) is 7.02. The Bertz CT molecular complexity index is 798. The van der Waals surface area contributed by atoms with E-state index in [4.69, 9.17) is 0 Å². The van der Waals surface area contributed by atoms with Crippen LogP contribution in [0.25, 0.3) is 0 Å². The van der Waals surface area contributed by atoms with Crippen LogP contribution in [0.4, 0.5) is 0 Å². The zero-order valence-electron chi connectivity index (χ0n) is 18.5. The molecule has 0 bridgehead atoms. The Morgan fingerprint density at radius 2 is 1.28 bits per heavy atom. The second-order valence-corrected chi connectivity index (χ2v) is 9.71. The van der Waals surface area contributed by atoms with Gasteiger partial charge in [-0.15, -0.1) is 5.75 Å². The van der Waals surface area contributed by atoms with E-state index in [1.54, 1.807) is 22.3 Å². The molecule has 1 aromatic carbocycles. The van der Waals surface area contributed by atoms with E-state index < -0.39 is 0 Å². The van der Waals surface area contributed by atoms with E-state index in [1.807, 2.05) is 0 Å². The third-order valence-electron chi connectivity index (χ3n) is 7.02. The monoisotopic (exact) mass is 467 g/mol. The quantitative estimate of drug-likeness (QED) is 0.552. The predicted octanol–water partition coefficient (Wildman–Crippen LogP) is 0.518. The van der Waals surface area contributed by atoms with Gasteiger partial charge in [-0.05, 0) is 104 Å². The number of halogens is 2. The fraction of sp³-hybridized carbons (Fsp3) is 0.600. The van der Waals surface area contributed by atoms with Gasteiger partial charge in [0.15, 0.2) is 0 Å². The molecule has 0 aromatic heterocycles. The standard InChI is InChI=1S/C25H34O.2ClH.Ti/c1-15-14-21(25(3,4)5)24(26)22(16(15)2)23-19-12-8-6-10-17(19)18-11-7-9-13-20(18)23;;;/h14,23,26H,6-13H2,1-5H3;2*1H;/q;;;+3/p-3. The minimum absolute atomic E-state index is 0. The van der Waals surface area contributed by atoms with Crippen molar-refractivity contribution in [2.24, 2.45) is 0 Å². The van der Waals surface area contributed by atoms with Crippen molar-refractivity contribution < 1.29 is 51.6 Å². The minimum Gasteiger partial charge on any atom is -1.00 e. The van der Waals surface area contributed by atoms with Gasteiger partial charge in [-0.2, -0.15) is 0 Å². The largest absolute Gasteiger partial charge is 3.00 e. The van der Waals surface area contributed by atoms with Gasteiger partial charge in [0.25, 0.3) is 0 Å². The molecule has 1 radical (unpaired) electrons. The Morgan fingerprint density at radius 1 is 0.828 bits per heavy atom. The van der Waals surface area contributed by atoms with Gasteiger partial charge in [-0.3, -0.25) is 0 Å². The molecule has 0 N–H and O–H groups in total. The predicted molar refractivity (Wildman–Crippen MR) is 108 cm³/mol. The molecule has 0 saturated carbocycles. The third kappa shape index (κ3) is 4.54. The second-order valence-electron chi connectivity index (χ2n) is 9.71. The number of hydrogen-bond donors (Lipinski definition) is 0. The maximum absolute atomic E-state index is 13.7. The number of fused-ring (bicyclic) bond motifs is 1. The van der Waals surface area contributed by atoms with Crippen molar-refractivity contribution in [2.45, 2.75) is 97.3 Å². The van der Waals surface area contributed by atoms with Crippen LogP contribution in [0.15, 0.2) is 28.4 Å². The molecule has 1 aromatic rings. The van der Waals surface area contributed by atoms with E-state index in [0.29, 0.717) is 11.7 Å². The molecule has 0 unspecified atom stereocenters. The summed E-state index contributed by atoms with van der Waals surface area (Å²) in [6.07, 6.45) is 10.1. The number of benzene rings is 1. The number of rotatable bonds is 1. The molecule has 4 rings (SSSR count). The molecule has 3 aliphatic rings. The van der Waals surface area contributed by atoms with Gasteiger partial charge >= 0.3 is 21.7 Å². The molecule has 0 atom stereocenters. The normalized spacial score (nSPS) is 19.1. The van der Waals surface area contributed by atoms with Crippen LogP contribution < -0.4 is 29.9 Å². The average molecular weight is 468 g/mol. The van der Waals surface area contributed by atoms with E-state index in [1.165, 1.54) is 62.5 Å². The molecular formula is C25H33Cl2OTi. The van der Waals surface area contributed by atoms with Crippen molar-refractivity contribution in [1.82, 2.24) is 0 Å². The van der Waals surface area contributed by atoms with Crippen LogP contribution in [-0.4, -0.2) is 0 Å². The van der Waals surface area contributed by atoms with Gasteiger partial charge in [0.1, 0.15) is 0 Å². The van der Waals surface area contributed by atoms with Gasteiger partial charge in [0.2, 0.25) is 0 Å². The van der Waals surface area contributed by atoms with Gasteiger partial charge < -0.3 is 29.9 Å². The van der Waals surface area contributed by atoms with Crippen LogP contribution in [0.2, 0.25) is 0 Å². The van der Waals surface area contributed by atoms with E-state index >= 15 is 0 Å².